The summed E-state index contributed by atoms with van der Waals surface area (Å²) in [5, 5.41) is 9.13. The van der Waals surface area contributed by atoms with Crippen molar-refractivity contribution < 1.29 is 9.90 Å². The maximum atomic E-state index is 11.1. The molecule has 0 aromatic heterocycles. The first kappa shape index (κ1) is 15.0. The highest BCUT2D eigenvalue weighted by Gasteiger charge is 2.24. The average molecular weight is 276 g/mol. The van der Waals surface area contributed by atoms with E-state index in [-0.39, 0.29) is 12.5 Å². The van der Waals surface area contributed by atoms with Crippen LogP contribution < -0.4 is 0 Å². The molecule has 0 radical (unpaired) electrons. The van der Waals surface area contributed by atoms with Crippen LogP contribution >= 0.6 is 0 Å². The number of hydrogen-bond donors (Lipinski definition) is 1. The van der Waals surface area contributed by atoms with Crippen molar-refractivity contribution in [2.45, 2.75) is 25.3 Å². The van der Waals surface area contributed by atoms with Gasteiger partial charge in [0.25, 0.3) is 0 Å². The van der Waals surface area contributed by atoms with Gasteiger partial charge in [0.2, 0.25) is 0 Å². The lowest BCUT2D eigenvalue weighted by Gasteiger charge is -2.37. The van der Waals surface area contributed by atoms with Crippen molar-refractivity contribution in [3.63, 3.8) is 0 Å². The molecular weight excluding hydrogens is 252 g/mol. The van der Waals surface area contributed by atoms with Gasteiger partial charge in [0, 0.05) is 32.2 Å². The van der Waals surface area contributed by atoms with E-state index in [1.165, 1.54) is 5.56 Å². The van der Waals surface area contributed by atoms with Gasteiger partial charge in [-0.15, -0.1) is 0 Å². The molecule has 1 fully saturated rings. The van der Waals surface area contributed by atoms with Crippen LogP contribution in [0.4, 0.5) is 0 Å². The summed E-state index contributed by atoms with van der Waals surface area (Å²) < 4.78 is 0. The Morgan fingerprint density at radius 1 is 1.20 bits per heavy atom. The highest BCUT2D eigenvalue weighted by atomic mass is 16.4. The minimum absolute atomic E-state index is 0.154. The molecule has 1 heterocycles. The van der Waals surface area contributed by atoms with Gasteiger partial charge in [0.1, 0.15) is 0 Å². The van der Waals surface area contributed by atoms with Crippen LogP contribution in [0, 0.1) is 0 Å². The van der Waals surface area contributed by atoms with E-state index in [4.69, 9.17) is 5.11 Å². The van der Waals surface area contributed by atoms with E-state index in [0.717, 1.165) is 39.0 Å². The summed E-state index contributed by atoms with van der Waals surface area (Å²) in [6, 6.07) is 10.5. The fraction of sp³-hybridized carbons (Fsp3) is 0.562. The monoisotopic (exact) mass is 276 g/mol. The van der Waals surface area contributed by atoms with Crippen LogP contribution in [0.15, 0.2) is 30.3 Å². The fourth-order valence-corrected chi connectivity index (χ4v) is 2.78. The molecule has 1 aromatic carbocycles. The summed E-state index contributed by atoms with van der Waals surface area (Å²) in [6.45, 7) is 4.01. The Hall–Kier alpha value is -1.39. The summed E-state index contributed by atoms with van der Waals surface area (Å²) in [5.41, 5.74) is 1.29. The quantitative estimate of drug-likeness (QED) is 0.859. The largest absolute Gasteiger partial charge is 0.481 e. The molecule has 1 saturated heterocycles. The number of carboxylic acid groups (broad SMARTS) is 1. The highest BCUT2D eigenvalue weighted by Crippen LogP contribution is 2.15. The summed E-state index contributed by atoms with van der Waals surface area (Å²) >= 11 is 0. The number of rotatable bonds is 6. The van der Waals surface area contributed by atoms with Crippen molar-refractivity contribution in [2.24, 2.45) is 0 Å². The van der Waals surface area contributed by atoms with Crippen molar-refractivity contribution in [1.29, 1.82) is 0 Å². The number of aryl methyl sites for hydroxylation is 1. The first-order chi connectivity index (χ1) is 9.65. The number of hydrogen-bond acceptors (Lipinski definition) is 3. The number of benzene rings is 1. The van der Waals surface area contributed by atoms with Gasteiger partial charge in [-0.1, -0.05) is 30.3 Å². The number of carboxylic acids is 1. The van der Waals surface area contributed by atoms with Crippen molar-refractivity contribution in [3.8, 4) is 0 Å². The zero-order chi connectivity index (χ0) is 14.4. The number of aliphatic carboxylic acids is 1. The van der Waals surface area contributed by atoms with Crippen molar-refractivity contribution in [1.82, 2.24) is 9.80 Å². The molecule has 110 valence electrons. The van der Waals surface area contributed by atoms with Crippen LogP contribution in [0.25, 0.3) is 0 Å². The molecule has 1 N–H and O–H groups in total. The van der Waals surface area contributed by atoms with E-state index >= 15 is 0 Å². The first-order valence-electron chi connectivity index (χ1n) is 7.33. The van der Waals surface area contributed by atoms with E-state index < -0.39 is 5.97 Å². The van der Waals surface area contributed by atoms with Gasteiger partial charge in [0.15, 0.2) is 0 Å². The summed E-state index contributed by atoms with van der Waals surface area (Å²) in [4.78, 5) is 15.7. The highest BCUT2D eigenvalue weighted by molar-refractivity contribution is 5.67. The lowest BCUT2D eigenvalue weighted by Crippen LogP contribution is -2.49. The molecule has 1 aliphatic rings. The van der Waals surface area contributed by atoms with Gasteiger partial charge < -0.3 is 10.0 Å². The fourth-order valence-electron chi connectivity index (χ4n) is 2.78. The molecule has 1 unspecified atom stereocenters. The standard InChI is InChI=1S/C16H24N2O2/c1-17-9-11-18(12-10-17)15(13-16(19)20)8-7-14-5-3-2-4-6-14/h2-6,15H,7-13H2,1H3,(H,19,20). The summed E-state index contributed by atoms with van der Waals surface area (Å²) in [6.07, 6.45) is 2.11. The number of carbonyl (C=O) groups is 1. The second kappa shape index (κ2) is 7.41. The Bertz CT molecular complexity index is 414. The second-order valence-electron chi connectivity index (χ2n) is 5.62. The zero-order valence-electron chi connectivity index (χ0n) is 12.2. The number of likely N-dealkylation sites (N-methyl/N-ethyl adjacent to an activating group) is 1. The average Bonchev–Trinajstić information content (AvgIpc) is 2.45. The molecule has 1 aliphatic heterocycles. The third-order valence-corrected chi connectivity index (χ3v) is 4.07. The third kappa shape index (κ3) is 4.62. The molecule has 4 nitrogen and oxygen atoms in total. The van der Waals surface area contributed by atoms with Crippen LogP contribution in [0.1, 0.15) is 18.4 Å². The lowest BCUT2D eigenvalue weighted by atomic mass is 10.0. The van der Waals surface area contributed by atoms with Crippen molar-refractivity contribution >= 4 is 5.97 Å². The Labute approximate surface area is 121 Å². The van der Waals surface area contributed by atoms with Crippen molar-refractivity contribution in [2.75, 3.05) is 33.2 Å². The maximum absolute atomic E-state index is 11.1. The zero-order valence-corrected chi connectivity index (χ0v) is 12.2. The third-order valence-electron chi connectivity index (χ3n) is 4.07. The van der Waals surface area contributed by atoms with Gasteiger partial charge in [-0.2, -0.15) is 0 Å². The Kier molecular flexibility index (Phi) is 5.56. The molecule has 2 rings (SSSR count). The molecule has 4 heteroatoms. The molecule has 0 aliphatic carbocycles. The number of piperazine rings is 1. The maximum Gasteiger partial charge on any atom is 0.304 e. The topological polar surface area (TPSA) is 43.8 Å². The molecule has 1 aromatic rings. The predicted molar refractivity (Wildman–Crippen MR) is 79.9 cm³/mol. The molecule has 0 saturated carbocycles. The van der Waals surface area contributed by atoms with Crippen molar-refractivity contribution in [3.05, 3.63) is 35.9 Å². The van der Waals surface area contributed by atoms with Gasteiger partial charge in [-0.3, -0.25) is 9.69 Å². The summed E-state index contributed by atoms with van der Waals surface area (Å²) in [5.74, 6) is -0.693. The molecule has 0 bridgehead atoms. The van der Waals surface area contributed by atoms with Crippen LogP contribution in [-0.2, 0) is 11.2 Å². The molecule has 1 atom stereocenters. The minimum Gasteiger partial charge on any atom is -0.481 e. The molecule has 20 heavy (non-hydrogen) atoms. The van der Waals surface area contributed by atoms with E-state index in [1.807, 2.05) is 18.2 Å². The van der Waals surface area contributed by atoms with E-state index in [1.54, 1.807) is 0 Å². The van der Waals surface area contributed by atoms with Gasteiger partial charge >= 0.3 is 5.97 Å². The normalized spacial score (nSPS) is 18.9. The molecular formula is C16H24N2O2. The van der Waals surface area contributed by atoms with E-state index in [2.05, 4.69) is 29.0 Å². The van der Waals surface area contributed by atoms with Crippen LogP contribution in [0.5, 0.6) is 0 Å². The van der Waals surface area contributed by atoms with E-state index in [0.29, 0.717) is 0 Å². The van der Waals surface area contributed by atoms with E-state index in [9.17, 15) is 4.79 Å². The second-order valence-corrected chi connectivity index (χ2v) is 5.62. The number of nitrogens with zero attached hydrogens (tertiary/aromatic N) is 2. The molecule has 0 amide bonds. The Balaban J connectivity index is 1.91. The minimum atomic E-state index is -0.693. The SMILES string of the molecule is CN1CCN(C(CCc2ccccc2)CC(=O)O)CC1. The summed E-state index contributed by atoms with van der Waals surface area (Å²) in [7, 11) is 2.12. The Morgan fingerprint density at radius 2 is 1.85 bits per heavy atom. The van der Waals surface area contributed by atoms with Gasteiger partial charge in [-0.05, 0) is 25.5 Å². The van der Waals surface area contributed by atoms with Crippen LogP contribution in [-0.4, -0.2) is 60.1 Å². The first-order valence-corrected chi connectivity index (χ1v) is 7.33. The predicted octanol–water partition coefficient (Wildman–Crippen LogP) is 1.71. The Morgan fingerprint density at radius 3 is 2.45 bits per heavy atom. The molecule has 0 spiro atoms. The lowest BCUT2D eigenvalue weighted by molar-refractivity contribution is -0.138. The smallest absolute Gasteiger partial charge is 0.304 e. The van der Waals surface area contributed by atoms with Gasteiger partial charge in [-0.25, -0.2) is 0 Å². The van der Waals surface area contributed by atoms with Crippen LogP contribution in [0.3, 0.4) is 0 Å². The van der Waals surface area contributed by atoms with Gasteiger partial charge in [0.05, 0.1) is 6.42 Å². The van der Waals surface area contributed by atoms with Crippen LogP contribution in [0.2, 0.25) is 0 Å².